The van der Waals surface area contributed by atoms with E-state index in [0.29, 0.717) is 23.7 Å². The van der Waals surface area contributed by atoms with Crippen molar-refractivity contribution in [3.05, 3.63) is 0 Å². The van der Waals surface area contributed by atoms with E-state index in [0.717, 1.165) is 74.2 Å². The van der Waals surface area contributed by atoms with Gasteiger partial charge in [-0.1, -0.05) is 20.6 Å². The van der Waals surface area contributed by atoms with E-state index < -0.39 is 0 Å². The maximum Gasteiger partial charge on any atom is 0.0576 e. The van der Waals surface area contributed by atoms with Crippen LogP contribution in [0.5, 0.6) is 0 Å². The number of oxime groups is 4. The van der Waals surface area contributed by atoms with Crippen molar-refractivity contribution in [3.8, 4) is 0 Å². The molecule has 0 unspecified atom stereocenters. The summed E-state index contributed by atoms with van der Waals surface area (Å²) in [5, 5.41) is 47.9. The van der Waals surface area contributed by atoms with Crippen LogP contribution in [0, 0.1) is 23.7 Å². The SMILES string of the molecule is ON=C1CC2CC(=NO)CC(C1)C2.ON=C1CC2CC(=NO)CC(C1)C2. The van der Waals surface area contributed by atoms with Gasteiger partial charge < -0.3 is 20.8 Å². The van der Waals surface area contributed by atoms with Gasteiger partial charge in [-0.3, -0.25) is 0 Å². The van der Waals surface area contributed by atoms with E-state index in [1.54, 1.807) is 0 Å². The quantitative estimate of drug-likeness (QED) is 0.385. The maximum absolute atomic E-state index is 8.68. The number of hydrogen-bond acceptors (Lipinski definition) is 8. The van der Waals surface area contributed by atoms with E-state index in [-0.39, 0.29) is 0 Å². The molecule has 4 N–H and O–H groups in total. The first-order valence-electron chi connectivity index (χ1n) is 9.42. The van der Waals surface area contributed by atoms with E-state index in [1.165, 1.54) is 12.8 Å². The molecule has 4 rings (SSSR count). The molecule has 0 atom stereocenters. The average Bonchev–Trinajstić information content (AvgIpc) is 2.66. The fourth-order valence-corrected chi connectivity index (χ4v) is 5.22. The minimum atomic E-state index is 0.532. The van der Waals surface area contributed by atoms with Crippen molar-refractivity contribution in [2.45, 2.75) is 64.2 Å². The monoisotopic (exact) mass is 364 g/mol. The van der Waals surface area contributed by atoms with E-state index in [1.807, 2.05) is 0 Å². The number of rotatable bonds is 0. The van der Waals surface area contributed by atoms with E-state index >= 15 is 0 Å². The zero-order valence-corrected chi connectivity index (χ0v) is 15.0. The molecule has 8 heteroatoms. The summed E-state index contributed by atoms with van der Waals surface area (Å²) in [7, 11) is 0. The van der Waals surface area contributed by atoms with Crippen molar-refractivity contribution < 1.29 is 20.8 Å². The second-order valence-corrected chi connectivity index (χ2v) is 8.23. The lowest BCUT2D eigenvalue weighted by atomic mass is 9.71. The topological polar surface area (TPSA) is 130 Å². The van der Waals surface area contributed by atoms with Crippen molar-refractivity contribution in [1.82, 2.24) is 0 Å². The van der Waals surface area contributed by atoms with Crippen LogP contribution < -0.4 is 0 Å². The predicted molar refractivity (Wildman–Crippen MR) is 97.0 cm³/mol. The molecule has 0 spiro atoms. The lowest BCUT2D eigenvalue weighted by Gasteiger charge is -2.34. The van der Waals surface area contributed by atoms with Gasteiger partial charge in [0.1, 0.15) is 0 Å². The Morgan fingerprint density at radius 3 is 0.769 bits per heavy atom. The predicted octanol–water partition coefficient (Wildman–Crippen LogP) is 3.71. The first-order chi connectivity index (χ1) is 12.6. The van der Waals surface area contributed by atoms with Gasteiger partial charge in [0, 0.05) is 0 Å². The first-order valence-corrected chi connectivity index (χ1v) is 9.42. The van der Waals surface area contributed by atoms with Crippen LogP contribution in [0.25, 0.3) is 0 Å². The van der Waals surface area contributed by atoms with Crippen molar-refractivity contribution in [2.24, 2.45) is 44.3 Å². The molecule has 4 bridgehead atoms. The van der Waals surface area contributed by atoms with Crippen LogP contribution in [0.4, 0.5) is 0 Å². The van der Waals surface area contributed by atoms with Crippen LogP contribution in [0.15, 0.2) is 20.6 Å². The molecule has 4 aliphatic carbocycles. The highest BCUT2D eigenvalue weighted by molar-refractivity contribution is 5.91. The fraction of sp³-hybridized carbons (Fsp3) is 0.778. The molecule has 4 aliphatic rings. The molecule has 0 aromatic carbocycles. The van der Waals surface area contributed by atoms with Crippen molar-refractivity contribution in [2.75, 3.05) is 0 Å². The van der Waals surface area contributed by atoms with Gasteiger partial charge in [-0.2, -0.15) is 0 Å². The van der Waals surface area contributed by atoms with Crippen LogP contribution >= 0.6 is 0 Å². The Morgan fingerprint density at radius 1 is 0.423 bits per heavy atom. The summed E-state index contributed by atoms with van der Waals surface area (Å²) in [6.45, 7) is 0. The van der Waals surface area contributed by atoms with Gasteiger partial charge in [-0.25, -0.2) is 0 Å². The van der Waals surface area contributed by atoms with E-state index in [4.69, 9.17) is 20.8 Å². The third kappa shape index (κ3) is 4.53. The highest BCUT2D eigenvalue weighted by Crippen LogP contribution is 2.38. The minimum absolute atomic E-state index is 0.532. The summed E-state index contributed by atoms with van der Waals surface area (Å²) in [5.74, 6) is 2.13. The first kappa shape index (κ1) is 18.7. The normalized spacial score (nSPS) is 32.9. The Morgan fingerprint density at radius 2 is 0.615 bits per heavy atom. The Bertz CT molecular complexity index is 491. The molecule has 4 fully saturated rings. The smallest absolute Gasteiger partial charge is 0.0576 e. The van der Waals surface area contributed by atoms with Gasteiger partial charge in [0.15, 0.2) is 0 Å². The lowest BCUT2D eigenvalue weighted by molar-refractivity contribution is 0.278. The molecule has 26 heavy (non-hydrogen) atoms. The molecular weight excluding hydrogens is 336 g/mol. The summed E-state index contributed by atoms with van der Waals surface area (Å²) in [6.07, 6.45) is 9.32. The van der Waals surface area contributed by atoms with Gasteiger partial charge in [0.05, 0.1) is 22.8 Å². The number of fused-ring (bicyclic) bond motifs is 4. The largest absolute Gasteiger partial charge is 0.411 e. The number of nitrogens with zero attached hydrogens (tertiary/aromatic N) is 4. The fourth-order valence-electron chi connectivity index (χ4n) is 5.22. The lowest BCUT2D eigenvalue weighted by Crippen LogP contribution is -2.31. The average molecular weight is 364 g/mol. The van der Waals surface area contributed by atoms with Crippen LogP contribution in [0.1, 0.15) is 64.2 Å². The van der Waals surface area contributed by atoms with Crippen LogP contribution in [0.2, 0.25) is 0 Å². The van der Waals surface area contributed by atoms with E-state index in [9.17, 15) is 0 Å². The molecule has 0 aromatic heterocycles. The van der Waals surface area contributed by atoms with Crippen LogP contribution in [0.3, 0.4) is 0 Å². The standard InChI is InChI=1S/2C9H14N2O2/c2*12-10-8-2-6-1-7(4-8)5-9(3-6)11-13/h2*6-7,12-13H,1-5H2. The maximum atomic E-state index is 8.68. The molecule has 8 nitrogen and oxygen atoms in total. The van der Waals surface area contributed by atoms with Gasteiger partial charge >= 0.3 is 0 Å². The Balaban J connectivity index is 0.000000151. The summed E-state index contributed by atoms with van der Waals surface area (Å²) >= 11 is 0. The van der Waals surface area contributed by atoms with Crippen molar-refractivity contribution in [3.63, 3.8) is 0 Å². The summed E-state index contributed by atoms with van der Waals surface area (Å²) < 4.78 is 0. The van der Waals surface area contributed by atoms with Gasteiger partial charge in [-0.05, 0) is 87.9 Å². The molecule has 0 heterocycles. The van der Waals surface area contributed by atoms with Crippen molar-refractivity contribution in [1.29, 1.82) is 0 Å². The zero-order chi connectivity index (χ0) is 18.5. The highest BCUT2D eigenvalue weighted by Gasteiger charge is 2.33. The molecule has 144 valence electrons. The molecule has 0 radical (unpaired) electrons. The Labute approximate surface area is 153 Å². The third-order valence-electron chi connectivity index (χ3n) is 6.09. The third-order valence-corrected chi connectivity index (χ3v) is 6.09. The molecule has 4 saturated carbocycles. The molecule has 0 aliphatic heterocycles. The Kier molecular flexibility index (Phi) is 6.11. The van der Waals surface area contributed by atoms with Gasteiger partial charge in [0.25, 0.3) is 0 Å². The minimum Gasteiger partial charge on any atom is -0.411 e. The van der Waals surface area contributed by atoms with E-state index in [2.05, 4.69) is 20.6 Å². The van der Waals surface area contributed by atoms with Gasteiger partial charge in [-0.15, -0.1) is 0 Å². The van der Waals surface area contributed by atoms with Crippen LogP contribution in [-0.2, 0) is 0 Å². The van der Waals surface area contributed by atoms with Gasteiger partial charge in [0.2, 0.25) is 0 Å². The molecule has 0 amide bonds. The molecule has 0 aromatic rings. The summed E-state index contributed by atoms with van der Waals surface area (Å²) in [6, 6.07) is 0. The summed E-state index contributed by atoms with van der Waals surface area (Å²) in [5.41, 5.74) is 3.66. The van der Waals surface area contributed by atoms with Crippen LogP contribution in [-0.4, -0.2) is 43.7 Å². The summed E-state index contributed by atoms with van der Waals surface area (Å²) in [4.78, 5) is 0. The number of hydrogen-bond donors (Lipinski definition) is 4. The Hall–Kier alpha value is -2.12. The van der Waals surface area contributed by atoms with Crippen molar-refractivity contribution >= 4 is 22.8 Å². The second-order valence-electron chi connectivity index (χ2n) is 8.23. The molecule has 0 saturated heterocycles. The molecular formula is C18H28N4O4. The zero-order valence-electron chi connectivity index (χ0n) is 15.0. The second kappa shape index (κ2) is 8.51. The highest BCUT2D eigenvalue weighted by atomic mass is 16.4.